The molecule has 1 aliphatic heterocycles. The molecule has 0 aromatic heterocycles. The molecule has 1 heterocycles. The lowest BCUT2D eigenvalue weighted by Gasteiger charge is -2.15. The van der Waals surface area contributed by atoms with Gasteiger partial charge in [0.2, 0.25) is 5.91 Å². The molecule has 1 fully saturated rings. The molecule has 2 rings (SSSR count). The number of hydrogen-bond donors (Lipinski definition) is 3. The average molecular weight is 363 g/mol. The van der Waals surface area contributed by atoms with Crippen molar-refractivity contribution in [2.45, 2.75) is 13.5 Å². The molecule has 0 aliphatic carbocycles. The first-order chi connectivity index (χ1) is 12.6. The van der Waals surface area contributed by atoms with Gasteiger partial charge in [0.05, 0.1) is 27.3 Å². The molecular formula is C17H25N5O4. The summed E-state index contributed by atoms with van der Waals surface area (Å²) in [7, 11) is 3.18. The standard InChI is InChI=1S/C17H25N5O4/c1-4-18-16(19-7-8-22-15(23)11-21-17(22)24)20-10-12-5-6-13(25-2)14(9-12)26-3/h5-6,9H,4,7-8,10-11H2,1-3H3,(H,21,24)(H2,18,19,20). The molecule has 0 unspecified atom stereocenters. The van der Waals surface area contributed by atoms with Crippen molar-refractivity contribution in [3.05, 3.63) is 23.8 Å². The Morgan fingerprint density at radius 3 is 2.62 bits per heavy atom. The Bertz CT molecular complexity index is 661. The summed E-state index contributed by atoms with van der Waals surface area (Å²) in [5, 5.41) is 8.74. The minimum Gasteiger partial charge on any atom is -0.493 e. The number of imide groups is 1. The second-order valence-corrected chi connectivity index (χ2v) is 5.52. The van der Waals surface area contributed by atoms with Crippen LogP contribution in [-0.2, 0) is 11.3 Å². The van der Waals surface area contributed by atoms with Crippen LogP contribution in [0.25, 0.3) is 0 Å². The summed E-state index contributed by atoms with van der Waals surface area (Å²) >= 11 is 0. The smallest absolute Gasteiger partial charge is 0.324 e. The highest BCUT2D eigenvalue weighted by atomic mass is 16.5. The van der Waals surface area contributed by atoms with Gasteiger partial charge in [0.25, 0.3) is 0 Å². The van der Waals surface area contributed by atoms with Crippen molar-refractivity contribution in [3.8, 4) is 11.5 Å². The molecule has 3 amide bonds. The summed E-state index contributed by atoms with van der Waals surface area (Å²) in [6.07, 6.45) is 0. The molecule has 0 spiro atoms. The zero-order valence-electron chi connectivity index (χ0n) is 15.3. The number of amides is 3. The fourth-order valence-electron chi connectivity index (χ4n) is 2.46. The predicted octanol–water partition coefficient (Wildman–Crippen LogP) is 0.311. The van der Waals surface area contributed by atoms with E-state index in [0.717, 1.165) is 5.56 Å². The average Bonchev–Trinajstić information content (AvgIpc) is 2.97. The Labute approximate surface area is 152 Å². The number of carbonyl (C=O) groups is 2. The maximum absolute atomic E-state index is 11.6. The molecule has 9 nitrogen and oxygen atoms in total. The van der Waals surface area contributed by atoms with Crippen molar-refractivity contribution in [2.75, 3.05) is 40.4 Å². The van der Waals surface area contributed by atoms with Gasteiger partial charge < -0.3 is 25.4 Å². The van der Waals surface area contributed by atoms with E-state index in [1.54, 1.807) is 14.2 Å². The summed E-state index contributed by atoms with van der Waals surface area (Å²) in [6, 6.07) is 5.27. The van der Waals surface area contributed by atoms with Crippen LogP contribution in [0.4, 0.5) is 4.79 Å². The van der Waals surface area contributed by atoms with E-state index in [-0.39, 0.29) is 25.0 Å². The first kappa shape index (κ1) is 19.4. The van der Waals surface area contributed by atoms with Crippen LogP contribution in [0.5, 0.6) is 11.5 Å². The van der Waals surface area contributed by atoms with Gasteiger partial charge in [0, 0.05) is 19.6 Å². The van der Waals surface area contributed by atoms with Crippen molar-refractivity contribution in [1.29, 1.82) is 0 Å². The highest BCUT2D eigenvalue weighted by Gasteiger charge is 2.27. The zero-order valence-corrected chi connectivity index (χ0v) is 15.3. The Morgan fingerprint density at radius 1 is 1.23 bits per heavy atom. The van der Waals surface area contributed by atoms with E-state index in [1.807, 2.05) is 25.1 Å². The first-order valence-corrected chi connectivity index (χ1v) is 8.40. The van der Waals surface area contributed by atoms with Gasteiger partial charge in [-0.3, -0.25) is 9.69 Å². The number of nitrogens with zero attached hydrogens (tertiary/aromatic N) is 2. The minimum absolute atomic E-state index is 0.0618. The van der Waals surface area contributed by atoms with Gasteiger partial charge in [0.1, 0.15) is 0 Å². The summed E-state index contributed by atoms with van der Waals surface area (Å²) < 4.78 is 10.5. The number of nitrogens with one attached hydrogen (secondary N) is 3. The van der Waals surface area contributed by atoms with E-state index in [1.165, 1.54) is 4.90 Å². The van der Waals surface area contributed by atoms with Gasteiger partial charge in [0.15, 0.2) is 17.5 Å². The van der Waals surface area contributed by atoms with E-state index in [4.69, 9.17) is 9.47 Å². The highest BCUT2D eigenvalue weighted by molar-refractivity contribution is 6.01. The lowest BCUT2D eigenvalue weighted by Crippen LogP contribution is -2.43. The lowest BCUT2D eigenvalue weighted by molar-refractivity contribution is -0.124. The molecule has 1 aromatic rings. The number of guanidine groups is 1. The van der Waals surface area contributed by atoms with Crippen LogP contribution < -0.4 is 25.4 Å². The molecule has 0 radical (unpaired) electrons. The number of hydrogen-bond acceptors (Lipinski definition) is 5. The molecular weight excluding hydrogens is 338 g/mol. The number of methoxy groups -OCH3 is 2. The Balaban J connectivity index is 1.93. The Kier molecular flexibility index (Phi) is 7.07. The van der Waals surface area contributed by atoms with Crippen molar-refractivity contribution in [1.82, 2.24) is 20.9 Å². The SMILES string of the molecule is CCNC(=NCc1ccc(OC)c(OC)c1)NCCN1C(=O)CNC1=O. The summed E-state index contributed by atoms with van der Waals surface area (Å²) in [6.45, 7) is 3.86. The topological polar surface area (TPSA) is 104 Å². The molecule has 9 heteroatoms. The monoisotopic (exact) mass is 363 g/mol. The number of benzene rings is 1. The largest absolute Gasteiger partial charge is 0.493 e. The highest BCUT2D eigenvalue weighted by Crippen LogP contribution is 2.27. The van der Waals surface area contributed by atoms with Crippen LogP contribution in [0.15, 0.2) is 23.2 Å². The number of rotatable bonds is 8. The van der Waals surface area contributed by atoms with E-state index in [9.17, 15) is 9.59 Å². The van der Waals surface area contributed by atoms with Gasteiger partial charge in [-0.2, -0.15) is 0 Å². The van der Waals surface area contributed by atoms with Crippen molar-refractivity contribution in [3.63, 3.8) is 0 Å². The van der Waals surface area contributed by atoms with Crippen LogP contribution >= 0.6 is 0 Å². The number of aliphatic imine (C=N–C) groups is 1. The van der Waals surface area contributed by atoms with Gasteiger partial charge in [-0.25, -0.2) is 9.79 Å². The second-order valence-electron chi connectivity index (χ2n) is 5.52. The van der Waals surface area contributed by atoms with E-state index in [2.05, 4.69) is 20.9 Å². The quantitative estimate of drug-likeness (QED) is 0.349. The van der Waals surface area contributed by atoms with Crippen LogP contribution in [0.3, 0.4) is 0 Å². The molecule has 142 valence electrons. The maximum Gasteiger partial charge on any atom is 0.324 e. The summed E-state index contributed by atoms with van der Waals surface area (Å²) in [4.78, 5) is 28.8. The molecule has 0 saturated carbocycles. The fourth-order valence-corrected chi connectivity index (χ4v) is 2.46. The zero-order chi connectivity index (χ0) is 18.9. The molecule has 0 atom stereocenters. The summed E-state index contributed by atoms with van der Waals surface area (Å²) in [5.41, 5.74) is 0.967. The molecule has 1 aromatic carbocycles. The molecule has 26 heavy (non-hydrogen) atoms. The second kappa shape index (κ2) is 9.50. The Morgan fingerprint density at radius 2 is 2.00 bits per heavy atom. The van der Waals surface area contributed by atoms with E-state index >= 15 is 0 Å². The van der Waals surface area contributed by atoms with Gasteiger partial charge in [-0.05, 0) is 24.6 Å². The third-order valence-corrected chi connectivity index (χ3v) is 3.78. The van der Waals surface area contributed by atoms with Crippen molar-refractivity contribution < 1.29 is 19.1 Å². The fraction of sp³-hybridized carbons (Fsp3) is 0.471. The Hall–Kier alpha value is -2.97. The maximum atomic E-state index is 11.6. The summed E-state index contributed by atoms with van der Waals surface area (Å²) in [5.74, 6) is 1.70. The third kappa shape index (κ3) is 5.01. The van der Waals surface area contributed by atoms with Crippen LogP contribution in [0.2, 0.25) is 0 Å². The lowest BCUT2D eigenvalue weighted by atomic mass is 10.2. The predicted molar refractivity (Wildman–Crippen MR) is 97.5 cm³/mol. The van der Waals surface area contributed by atoms with Crippen molar-refractivity contribution in [2.24, 2.45) is 4.99 Å². The van der Waals surface area contributed by atoms with Crippen LogP contribution in [0, 0.1) is 0 Å². The molecule has 0 bridgehead atoms. The number of ether oxygens (including phenoxy) is 2. The number of carbonyl (C=O) groups excluding carboxylic acids is 2. The van der Waals surface area contributed by atoms with Crippen LogP contribution in [0.1, 0.15) is 12.5 Å². The van der Waals surface area contributed by atoms with Crippen molar-refractivity contribution >= 4 is 17.9 Å². The van der Waals surface area contributed by atoms with Gasteiger partial charge in [-0.15, -0.1) is 0 Å². The molecule has 1 aliphatic rings. The minimum atomic E-state index is -0.357. The number of urea groups is 1. The molecule has 3 N–H and O–H groups in total. The third-order valence-electron chi connectivity index (χ3n) is 3.78. The van der Waals surface area contributed by atoms with Gasteiger partial charge >= 0.3 is 6.03 Å². The normalized spacial score (nSPS) is 14.3. The molecule has 1 saturated heterocycles. The van der Waals surface area contributed by atoms with Gasteiger partial charge in [-0.1, -0.05) is 6.07 Å². The van der Waals surface area contributed by atoms with E-state index < -0.39 is 0 Å². The van der Waals surface area contributed by atoms with E-state index in [0.29, 0.717) is 37.1 Å². The van der Waals surface area contributed by atoms with Crippen LogP contribution in [-0.4, -0.2) is 63.2 Å². The first-order valence-electron chi connectivity index (χ1n) is 8.40.